The molecule has 0 radical (unpaired) electrons. The van der Waals surface area contributed by atoms with E-state index in [1.165, 1.54) is 36.9 Å². The van der Waals surface area contributed by atoms with Crippen molar-refractivity contribution in [3.8, 4) is 0 Å². The Bertz CT molecular complexity index is 615. The minimum Gasteiger partial charge on any atom is -0.480 e. The Kier molecular flexibility index (Phi) is 10.1. The fraction of sp³-hybridized carbons (Fsp3) is 0.667. The van der Waals surface area contributed by atoms with Crippen LogP contribution in [0.25, 0.3) is 0 Å². The molecule has 152 valence electrons. The molecule has 1 amide bonds. The monoisotopic (exact) mass is 382 g/mol. The number of aliphatic carboxylic acids is 1. The van der Waals surface area contributed by atoms with Crippen LogP contribution in [-0.2, 0) is 16.0 Å². The zero-order valence-corrected chi connectivity index (χ0v) is 16.0. The van der Waals surface area contributed by atoms with Gasteiger partial charge in [0, 0.05) is 18.3 Å². The van der Waals surface area contributed by atoms with Gasteiger partial charge >= 0.3 is 12.1 Å². The van der Waals surface area contributed by atoms with Gasteiger partial charge in [-0.3, -0.25) is 9.36 Å². The van der Waals surface area contributed by atoms with Gasteiger partial charge in [-0.05, 0) is 13.3 Å². The van der Waals surface area contributed by atoms with E-state index in [2.05, 4.69) is 17.2 Å². The maximum absolute atomic E-state index is 12.0. The molecule has 0 aliphatic heterocycles. The lowest BCUT2D eigenvalue weighted by atomic mass is 10.1. The van der Waals surface area contributed by atoms with Crippen LogP contribution in [0.2, 0.25) is 0 Å². The predicted molar refractivity (Wildman–Crippen MR) is 99.5 cm³/mol. The van der Waals surface area contributed by atoms with Crippen LogP contribution in [0, 0.1) is 0 Å². The van der Waals surface area contributed by atoms with E-state index in [0.29, 0.717) is 5.69 Å². The molecule has 0 bridgehead atoms. The van der Waals surface area contributed by atoms with Gasteiger partial charge in [-0.15, -0.1) is 0 Å². The molecule has 2 atom stereocenters. The van der Waals surface area contributed by atoms with E-state index >= 15 is 0 Å². The van der Waals surface area contributed by atoms with Gasteiger partial charge in [0.1, 0.15) is 12.4 Å². The quantitative estimate of drug-likeness (QED) is 0.470. The summed E-state index contributed by atoms with van der Waals surface area (Å²) in [6, 6.07) is -1.99. The Morgan fingerprint density at radius 1 is 1.26 bits per heavy atom. The number of nitrogens with zero attached hydrogens (tertiary/aromatic N) is 2. The molecule has 0 saturated carbocycles. The average Bonchev–Trinajstić information content (AvgIpc) is 3.07. The summed E-state index contributed by atoms with van der Waals surface area (Å²) in [5, 5.41) is 11.7. The topological polar surface area (TPSA) is 137 Å². The van der Waals surface area contributed by atoms with E-state index in [1.807, 2.05) is 0 Å². The number of rotatable bonds is 12. The molecule has 0 aliphatic carbocycles. The fourth-order valence-electron chi connectivity index (χ4n) is 2.53. The zero-order chi connectivity index (χ0) is 20.2. The van der Waals surface area contributed by atoms with Gasteiger partial charge in [0.05, 0.1) is 12.6 Å². The number of hydrogen-bond donors (Lipinski definition) is 3. The summed E-state index contributed by atoms with van der Waals surface area (Å²) >= 11 is 0. The molecule has 27 heavy (non-hydrogen) atoms. The van der Waals surface area contributed by atoms with Crippen molar-refractivity contribution in [3.05, 3.63) is 18.2 Å². The molecule has 0 spiro atoms. The molecule has 1 heterocycles. The van der Waals surface area contributed by atoms with Gasteiger partial charge in [0.25, 0.3) is 0 Å². The number of nitrogens with two attached hydrogens (primary N) is 1. The molecule has 4 N–H and O–H groups in total. The molecule has 0 unspecified atom stereocenters. The summed E-state index contributed by atoms with van der Waals surface area (Å²) in [6.45, 7) is 3.91. The summed E-state index contributed by atoms with van der Waals surface area (Å²) in [4.78, 5) is 39.2. The number of carboxylic acids is 1. The third-order valence-corrected chi connectivity index (χ3v) is 4.08. The third kappa shape index (κ3) is 8.21. The standard InChI is InChI=1S/C18H30N4O5/c1-3-4-5-6-7-8-9-27-18(26)21-15(17(24)25)10-14-11-20-12-22(14)16(23)13(2)19/h11-13,15H,3-10,19H2,1-2H3,(H,21,26)(H,24,25)/t13-,15-/m0/s1. The highest BCUT2D eigenvalue weighted by atomic mass is 16.5. The van der Waals surface area contributed by atoms with Crippen LogP contribution < -0.4 is 11.1 Å². The molecule has 1 aromatic heterocycles. The number of amides is 1. The Hall–Kier alpha value is -2.42. The highest BCUT2D eigenvalue weighted by Crippen LogP contribution is 2.07. The predicted octanol–water partition coefficient (Wildman–Crippen LogP) is 1.95. The van der Waals surface area contributed by atoms with Crippen molar-refractivity contribution in [2.45, 2.75) is 70.9 Å². The number of carboxylic acid groups (broad SMARTS) is 1. The Labute approximate surface area is 159 Å². The molecule has 1 aromatic rings. The smallest absolute Gasteiger partial charge is 0.407 e. The maximum atomic E-state index is 12.0. The van der Waals surface area contributed by atoms with Crippen molar-refractivity contribution < 1.29 is 24.2 Å². The molecule has 0 aliphatic rings. The molecular formula is C18H30N4O5. The average molecular weight is 382 g/mol. The molecular weight excluding hydrogens is 352 g/mol. The number of imidazole rings is 1. The summed E-state index contributed by atoms with van der Waals surface area (Å²) in [6.07, 6.45) is 8.08. The van der Waals surface area contributed by atoms with Crippen molar-refractivity contribution in [2.24, 2.45) is 5.73 Å². The van der Waals surface area contributed by atoms with Crippen molar-refractivity contribution in [3.63, 3.8) is 0 Å². The van der Waals surface area contributed by atoms with Gasteiger partial charge in [-0.1, -0.05) is 39.0 Å². The Morgan fingerprint density at radius 3 is 2.56 bits per heavy atom. The van der Waals surface area contributed by atoms with E-state index in [1.54, 1.807) is 0 Å². The lowest BCUT2D eigenvalue weighted by molar-refractivity contribution is -0.139. The van der Waals surface area contributed by atoms with Crippen molar-refractivity contribution in [1.29, 1.82) is 0 Å². The first kappa shape index (κ1) is 22.6. The normalized spacial score (nSPS) is 13.0. The van der Waals surface area contributed by atoms with Crippen molar-refractivity contribution in [1.82, 2.24) is 14.9 Å². The molecule has 9 nitrogen and oxygen atoms in total. The van der Waals surface area contributed by atoms with Crippen LogP contribution in [0.1, 0.15) is 62.9 Å². The number of carbonyl (C=O) groups excluding carboxylic acids is 2. The minimum atomic E-state index is -1.24. The van der Waals surface area contributed by atoms with E-state index in [-0.39, 0.29) is 13.0 Å². The number of ether oxygens (including phenoxy) is 1. The van der Waals surface area contributed by atoms with Crippen LogP contribution in [0.4, 0.5) is 4.79 Å². The minimum absolute atomic E-state index is 0.111. The lowest BCUT2D eigenvalue weighted by Gasteiger charge is -2.16. The highest BCUT2D eigenvalue weighted by Gasteiger charge is 2.24. The highest BCUT2D eigenvalue weighted by molar-refractivity contribution is 5.84. The summed E-state index contributed by atoms with van der Waals surface area (Å²) in [5.74, 6) is -1.63. The molecule has 9 heteroatoms. The van der Waals surface area contributed by atoms with Gasteiger partial charge < -0.3 is 20.9 Å². The molecule has 1 rings (SSSR count). The third-order valence-electron chi connectivity index (χ3n) is 4.08. The van der Waals surface area contributed by atoms with Gasteiger partial charge in [-0.25, -0.2) is 14.6 Å². The molecule has 0 fully saturated rings. The van der Waals surface area contributed by atoms with Crippen LogP contribution in [0.15, 0.2) is 12.5 Å². The fourth-order valence-corrected chi connectivity index (χ4v) is 2.53. The largest absolute Gasteiger partial charge is 0.480 e. The second-order valence-electron chi connectivity index (χ2n) is 6.52. The van der Waals surface area contributed by atoms with Crippen molar-refractivity contribution >= 4 is 18.0 Å². The van der Waals surface area contributed by atoms with Crippen molar-refractivity contribution in [2.75, 3.05) is 6.61 Å². The Morgan fingerprint density at radius 2 is 1.93 bits per heavy atom. The maximum Gasteiger partial charge on any atom is 0.407 e. The SMILES string of the molecule is CCCCCCCCOC(=O)N[C@@H](Cc1cncn1C(=O)[C@H](C)N)C(=O)O. The second kappa shape index (κ2) is 12.1. The lowest BCUT2D eigenvalue weighted by Crippen LogP contribution is -2.43. The Balaban J connectivity index is 2.48. The van der Waals surface area contributed by atoms with Crippen LogP contribution in [-0.4, -0.2) is 51.3 Å². The second-order valence-corrected chi connectivity index (χ2v) is 6.52. The molecule has 0 aromatic carbocycles. The number of nitrogens with one attached hydrogen (secondary N) is 1. The number of unbranched alkanes of at least 4 members (excludes halogenated alkanes) is 5. The summed E-state index contributed by atoms with van der Waals surface area (Å²) in [5.41, 5.74) is 5.92. The first-order chi connectivity index (χ1) is 12.9. The van der Waals surface area contributed by atoms with Crippen LogP contribution >= 0.6 is 0 Å². The van der Waals surface area contributed by atoms with Gasteiger partial charge in [0.15, 0.2) is 0 Å². The van der Waals surface area contributed by atoms with Gasteiger partial charge in [-0.2, -0.15) is 0 Å². The summed E-state index contributed by atoms with van der Waals surface area (Å²) < 4.78 is 6.24. The first-order valence-corrected chi connectivity index (χ1v) is 9.33. The summed E-state index contributed by atoms with van der Waals surface area (Å²) in [7, 11) is 0. The van der Waals surface area contributed by atoms with E-state index < -0.39 is 30.1 Å². The van der Waals surface area contributed by atoms with E-state index in [4.69, 9.17) is 10.5 Å². The number of hydrogen-bond acceptors (Lipinski definition) is 6. The van der Waals surface area contributed by atoms with Crippen LogP contribution in [0.5, 0.6) is 0 Å². The van der Waals surface area contributed by atoms with E-state index in [9.17, 15) is 19.5 Å². The van der Waals surface area contributed by atoms with Crippen LogP contribution in [0.3, 0.4) is 0 Å². The number of carbonyl (C=O) groups is 3. The first-order valence-electron chi connectivity index (χ1n) is 9.33. The number of alkyl carbamates (subject to hydrolysis) is 1. The van der Waals surface area contributed by atoms with Gasteiger partial charge in [0.2, 0.25) is 5.91 Å². The van der Waals surface area contributed by atoms with E-state index in [0.717, 1.165) is 25.7 Å². The molecule has 0 saturated heterocycles. The zero-order valence-electron chi connectivity index (χ0n) is 16.0. The number of aromatic nitrogens is 2.